The van der Waals surface area contributed by atoms with Gasteiger partial charge in [0.1, 0.15) is 12.2 Å². The summed E-state index contributed by atoms with van der Waals surface area (Å²) in [5.74, 6) is -1.43. The minimum atomic E-state index is -1.23. The van der Waals surface area contributed by atoms with Crippen LogP contribution in [-0.4, -0.2) is 38.6 Å². The third-order valence-corrected chi connectivity index (χ3v) is 2.74. The SMILES string of the molecule is C=C1[C@H](CO)OC(n2cc(F)c(N)nc2=O)[C@@H]1O. The number of nitrogens with two attached hydrogens (primary N) is 1. The molecule has 1 aliphatic rings. The van der Waals surface area contributed by atoms with E-state index >= 15 is 0 Å². The van der Waals surface area contributed by atoms with Crippen molar-refractivity contribution >= 4 is 5.82 Å². The number of aromatic nitrogens is 2. The van der Waals surface area contributed by atoms with Gasteiger partial charge in [-0.25, -0.2) is 9.18 Å². The summed E-state index contributed by atoms with van der Waals surface area (Å²) >= 11 is 0. The Labute approximate surface area is 101 Å². The summed E-state index contributed by atoms with van der Waals surface area (Å²) < 4.78 is 19.2. The first-order valence-corrected chi connectivity index (χ1v) is 5.13. The van der Waals surface area contributed by atoms with Crippen LogP contribution >= 0.6 is 0 Å². The number of halogens is 1. The lowest BCUT2D eigenvalue weighted by molar-refractivity contribution is -0.0531. The smallest absolute Gasteiger partial charge is 0.351 e. The highest BCUT2D eigenvalue weighted by atomic mass is 19.1. The molecule has 3 atom stereocenters. The van der Waals surface area contributed by atoms with E-state index in [0.29, 0.717) is 0 Å². The molecule has 7 nitrogen and oxygen atoms in total. The number of anilines is 1. The van der Waals surface area contributed by atoms with Crippen LogP contribution in [0.15, 0.2) is 23.1 Å². The fraction of sp³-hybridized carbons (Fsp3) is 0.400. The topological polar surface area (TPSA) is 111 Å². The maximum atomic E-state index is 13.3. The van der Waals surface area contributed by atoms with Crippen molar-refractivity contribution in [2.75, 3.05) is 12.3 Å². The molecule has 0 amide bonds. The second-order valence-corrected chi connectivity index (χ2v) is 3.88. The van der Waals surface area contributed by atoms with Crippen LogP contribution in [0.5, 0.6) is 0 Å². The number of aliphatic hydroxyl groups excluding tert-OH is 2. The van der Waals surface area contributed by atoms with E-state index in [9.17, 15) is 14.3 Å². The van der Waals surface area contributed by atoms with Crippen molar-refractivity contribution in [2.45, 2.75) is 18.4 Å². The van der Waals surface area contributed by atoms with E-state index in [2.05, 4.69) is 11.6 Å². The van der Waals surface area contributed by atoms with Crippen molar-refractivity contribution < 1.29 is 19.3 Å². The van der Waals surface area contributed by atoms with Crippen LogP contribution < -0.4 is 11.4 Å². The van der Waals surface area contributed by atoms with Gasteiger partial charge in [-0.05, 0) is 5.57 Å². The van der Waals surface area contributed by atoms with Crippen molar-refractivity contribution in [3.05, 3.63) is 34.7 Å². The quantitative estimate of drug-likeness (QED) is 0.572. The third kappa shape index (κ3) is 1.90. The summed E-state index contributed by atoms with van der Waals surface area (Å²) in [5, 5.41) is 18.8. The zero-order valence-corrected chi connectivity index (χ0v) is 9.28. The number of ether oxygens (including phenoxy) is 1. The number of hydrogen-bond acceptors (Lipinski definition) is 6. The lowest BCUT2D eigenvalue weighted by Crippen LogP contribution is -2.33. The third-order valence-electron chi connectivity index (χ3n) is 2.74. The van der Waals surface area contributed by atoms with Gasteiger partial charge in [-0.3, -0.25) is 4.57 Å². The molecule has 1 aromatic heterocycles. The minimum absolute atomic E-state index is 0.214. The molecule has 4 N–H and O–H groups in total. The maximum Gasteiger partial charge on any atom is 0.351 e. The molecular weight excluding hydrogens is 245 g/mol. The van der Waals surface area contributed by atoms with Crippen molar-refractivity contribution in [3.63, 3.8) is 0 Å². The lowest BCUT2D eigenvalue weighted by Gasteiger charge is -2.16. The summed E-state index contributed by atoms with van der Waals surface area (Å²) in [4.78, 5) is 14.8. The second-order valence-electron chi connectivity index (χ2n) is 3.88. The molecule has 1 fully saturated rings. The first kappa shape index (κ1) is 12.7. The number of rotatable bonds is 2. The fourth-order valence-electron chi connectivity index (χ4n) is 1.72. The Morgan fingerprint density at radius 3 is 2.89 bits per heavy atom. The molecule has 0 aromatic carbocycles. The van der Waals surface area contributed by atoms with Crippen molar-refractivity contribution in [1.29, 1.82) is 0 Å². The molecule has 0 radical (unpaired) electrons. The molecular formula is C10H12FN3O4. The first-order valence-electron chi connectivity index (χ1n) is 5.13. The van der Waals surface area contributed by atoms with Gasteiger partial charge >= 0.3 is 5.69 Å². The maximum absolute atomic E-state index is 13.3. The summed E-state index contributed by atoms with van der Waals surface area (Å²) in [6, 6.07) is 0. The van der Waals surface area contributed by atoms with Crippen LogP contribution in [0.1, 0.15) is 6.23 Å². The normalized spacial score (nSPS) is 27.7. The Morgan fingerprint density at radius 1 is 1.67 bits per heavy atom. The molecule has 0 bridgehead atoms. The molecule has 0 saturated carbocycles. The number of hydrogen-bond donors (Lipinski definition) is 3. The van der Waals surface area contributed by atoms with E-state index in [4.69, 9.17) is 15.6 Å². The van der Waals surface area contributed by atoms with Gasteiger partial charge in [0.2, 0.25) is 0 Å². The summed E-state index contributed by atoms with van der Waals surface area (Å²) in [7, 11) is 0. The van der Waals surface area contributed by atoms with Gasteiger partial charge in [-0.15, -0.1) is 0 Å². The average molecular weight is 257 g/mol. The molecule has 8 heteroatoms. The summed E-state index contributed by atoms with van der Waals surface area (Å²) in [5.41, 5.74) is 4.50. The predicted molar refractivity (Wildman–Crippen MR) is 59.0 cm³/mol. The molecule has 18 heavy (non-hydrogen) atoms. The van der Waals surface area contributed by atoms with E-state index in [1.807, 2.05) is 0 Å². The molecule has 1 aromatic rings. The van der Waals surface area contributed by atoms with E-state index in [-0.39, 0.29) is 5.57 Å². The highest BCUT2D eigenvalue weighted by Gasteiger charge is 2.39. The standard InChI is InChI=1S/C10H12FN3O4/c1-4-6(3-15)18-9(7(4)16)14-2-5(11)8(12)13-10(14)17/h2,6-7,9,15-16H,1,3H2,(H2,12,13,17)/t6-,7+,9?/m0/s1. The zero-order valence-electron chi connectivity index (χ0n) is 9.28. The molecule has 1 unspecified atom stereocenters. The molecule has 0 aliphatic carbocycles. The van der Waals surface area contributed by atoms with E-state index < -0.39 is 42.4 Å². The highest BCUT2D eigenvalue weighted by molar-refractivity contribution is 5.27. The molecule has 2 heterocycles. The van der Waals surface area contributed by atoms with Gasteiger partial charge in [0.25, 0.3) is 0 Å². The van der Waals surface area contributed by atoms with E-state index in [0.717, 1.165) is 10.8 Å². The largest absolute Gasteiger partial charge is 0.393 e. The van der Waals surface area contributed by atoms with Crippen molar-refractivity contribution in [3.8, 4) is 0 Å². The van der Waals surface area contributed by atoms with Crippen molar-refractivity contribution in [1.82, 2.24) is 9.55 Å². The molecule has 2 rings (SSSR count). The Bertz CT molecular complexity index is 544. The summed E-state index contributed by atoms with van der Waals surface area (Å²) in [6.07, 6.45) is -2.42. The molecule has 1 aliphatic heterocycles. The van der Waals surface area contributed by atoms with Crippen LogP contribution in [-0.2, 0) is 4.74 Å². The monoisotopic (exact) mass is 257 g/mol. The Kier molecular flexibility index (Phi) is 3.16. The van der Waals surface area contributed by atoms with Gasteiger partial charge in [-0.2, -0.15) is 4.98 Å². The first-order chi connectivity index (χ1) is 8.45. The van der Waals surface area contributed by atoms with Gasteiger partial charge in [0.15, 0.2) is 17.9 Å². The molecule has 98 valence electrons. The predicted octanol–water partition coefficient (Wildman–Crippen LogP) is -1.23. The Balaban J connectivity index is 2.42. The van der Waals surface area contributed by atoms with Crippen molar-refractivity contribution in [2.24, 2.45) is 0 Å². The van der Waals surface area contributed by atoms with E-state index in [1.54, 1.807) is 0 Å². The molecule has 1 saturated heterocycles. The average Bonchev–Trinajstić information content (AvgIpc) is 2.61. The van der Waals surface area contributed by atoms with Gasteiger partial charge < -0.3 is 20.7 Å². The van der Waals surface area contributed by atoms with Crippen LogP contribution in [0.2, 0.25) is 0 Å². The van der Waals surface area contributed by atoms with Crippen LogP contribution in [0.25, 0.3) is 0 Å². The van der Waals surface area contributed by atoms with Gasteiger partial charge in [-0.1, -0.05) is 6.58 Å². The lowest BCUT2D eigenvalue weighted by atomic mass is 10.1. The number of nitrogens with zero attached hydrogens (tertiary/aromatic N) is 2. The minimum Gasteiger partial charge on any atom is -0.393 e. The van der Waals surface area contributed by atoms with Crippen LogP contribution in [0, 0.1) is 5.82 Å². The fourth-order valence-corrected chi connectivity index (χ4v) is 1.72. The van der Waals surface area contributed by atoms with Crippen LogP contribution in [0.3, 0.4) is 0 Å². The zero-order chi connectivity index (χ0) is 13.4. The second kappa shape index (κ2) is 4.48. The summed E-state index contributed by atoms with van der Waals surface area (Å²) in [6.45, 7) is 3.15. The Hall–Kier alpha value is -1.77. The Morgan fingerprint density at radius 2 is 2.33 bits per heavy atom. The van der Waals surface area contributed by atoms with Gasteiger partial charge in [0.05, 0.1) is 12.8 Å². The van der Waals surface area contributed by atoms with E-state index in [1.165, 1.54) is 0 Å². The number of nitrogen functional groups attached to an aromatic ring is 1. The van der Waals surface area contributed by atoms with Crippen LogP contribution in [0.4, 0.5) is 10.2 Å². The number of aliphatic hydroxyl groups is 2. The van der Waals surface area contributed by atoms with Gasteiger partial charge in [0, 0.05) is 0 Å². The highest BCUT2D eigenvalue weighted by Crippen LogP contribution is 2.31. The molecule has 0 spiro atoms.